The second-order valence-corrected chi connectivity index (χ2v) is 3.35. The lowest BCUT2D eigenvalue weighted by Crippen LogP contribution is -2.35. The predicted molar refractivity (Wildman–Crippen MR) is 63.0 cm³/mol. The molecule has 1 aromatic rings. The molecule has 0 radical (unpaired) electrons. The van der Waals surface area contributed by atoms with Crippen molar-refractivity contribution < 1.29 is 13.9 Å². The van der Waals surface area contributed by atoms with Gasteiger partial charge in [0.25, 0.3) is 0 Å². The van der Waals surface area contributed by atoms with E-state index < -0.39 is 17.8 Å². The number of rotatable bonds is 4. The highest BCUT2D eigenvalue weighted by atomic mass is 19.1. The standard InChI is InChI=1S/C12H13FN2O2/c1-3-4-10(14)12(16)15-11-7-8(17-2)5-6-9(11)13/h1,5-7,10H,4,14H2,2H3,(H,15,16). The molecule has 0 heterocycles. The third-order valence-corrected chi connectivity index (χ3v) is 2.11. The Morgan fingerprint density at radius 1 is 1.71 bits per heavy atom. The molecule has 1 atom stereocenters. The van der Waals surface area contributed by atoms with Gasteiger partial charge in [-0.25, -0.2) is 4.39 Å². The van der Waals surface area contributed by atoms with Gasteiger partial charge in [0.05, 0.1) is 18.8 Å². The summed E-state index contributed by atoms with van der Waals surface area (Å²) in [7, 11) is 1.45. The average molecular weight is 236 g/mol. The lowest BCUT2D eigenvalue weighted by atomic mass is 10.2. The van der Waals surface area contributed by atoms with Gasteiger partial charge in [-0.1, -0.05) is 0 Å². The minimum Gasteiger partial charge on any atom is -0.497 e. The average Bonchev–Trinajstić information content (AvgIpc) is 2.32. The highest BCUT2D eigenvalue weighted by Crippen LogP contribution is 2.21. The molecule has 0 aromatic heterocycles. The molecule has 5 heteroatoms. The van der Waals surface area contributed by atoms with Gasteiger partial charge in [-0.3, -0.25) is 4.79 Å². The van der Waals surface area contributed by atoms with E-state index in [4.69, 9.17) is 16.9 Å². The van der Waals surface area contributed by atoms with E-state index in [1.807, 2.05) is 0 Å². The van der Waals surface area contributed by atoms with Crippen molar-refractivity contribution in [3.05, 3.63) is 24.0 Å². The molecule has 0 bridgehead atoms. The van der Waals surface area contributed by atoms with Crippen LogP contribution in [0, 0.1) is 18.2 Å². The maximum Gasteiger partial charge on any atom is 0.242 e. The van der Waals surface area contributed by atoms with Crippen LogP contribution in [0.5, 0.6) is 5.75 Å². The minimum atomic E-state index is -0.856. The third-order valence-electron chi connectivity index (χ3n) is 2.11. The Balaban J connectivity index is 2.81. The molecule has 90 valence electrons. The summed E-state index contributed by atoms with van der Waals surface area (Å²) < 4.78 is 18.3. The first-order chi connectivity index (χ1) is 8.08. The summed E-state index contributed by atoms with van der Waals surface area (Å²) in [5.74, 6) is 1.61. The molecule has 3 N–H and O–H groups in total. The molecule has 0 spiro atoms. The zero-order chi connectivity index (χ0) is 12.8. The molecule has 1 aromatic carbocycles. The van der Waals surface area contributed by atoms with Gasteiger partial charge in [0, 0.05) is 12.5 Å². The highest BCUT2D eigenvalue weighted by Gasteiger charge is 2.14. The number of hydrogen-bond acceptors (Lipinski definition) is 3. The molecule has 4 nitrogen and oxygen atoms in total. The quantitative estimate of drug-likeness (QED) is 0.770. The number of ether oxygens (including phenoxy) is 1. The van der Waals surface area contributed by atoms with Crippen LogP contribution < -0.4 is 15.8 Å². The number of nitrogens with two attached hydrogens (primary N) is 1. The third kappa shape index (κ3) is 3.47. The topological polar surface area (TPSA) is 64.4 Å². The van der Waals surface area contributed by atoms with Crippen molar-refractivity contribution in [1.29, 1.82) is 0 Å². The van der Waals surface area contributed by atoms with E-state index in [2.05, 4.69) is 11.2 Å². The summed E-state index contributed by atoms with van der Waals surface area (Å²) in [6.07, 6.45) is 5.13. The van der Waals surface area contributed by atoms with Crippen LogP contribution in [0.2, 0.25) is 0 Å². The zero-order valence-corrected chi connectivity index (χ0v) is 9.37. The maximum absolute atomic E-state index is 13.4. The normalized spacial score (nSPS) is 11.4. The van der Waals surface area contributed by atoms with Crippen LogP contribution in [0.25, 0.3) is 0 Å². The van der Waals surface area contributed by atoms with Crippen LogP contribution in [-0.4, -0.2) is 19.1 Å². The molecular weight excluding hydrogens is 223 g/mol. The van der Waals surface area contributed by atoms with E-state index in [1.54, 1.807) is 0 Å². The van der Waals surface area contributed by atoms with E-state index in [0.29, 0.717) is 5.75 Å². The van der Waals surface area contributed by atoms with Gasteiger partial charge in [0.1, 0.15) is 11.6 Å². The summed E-state index contributed by atoms with van der Waals surface area (Å²) >= 11 is 0. The fourth-order valence-electron chi connectivity index (χ4n) is 1.17. The number of benzene rings is 1. The number of methoxy groups -OCH3 is 1. The number of amides is 1. The van der Waals surface area contributed by atoms with Crippen molar-refractivity contribution in [2.45, 2.75) is 12.5 Å². The Morgan fingerprint density at radius 2 is 2.41 bits per heavy atom. The lowest BCUT2D eigenvalue weighted by Gasteiger charge is -2.11. The fraction of sp³-hybridized carbons (Fsp3) is 0.250. The van der Waals surface area contributed by atoms with Gasteiger partial charge in [-0.2, -0.15) is 0 Å². The van der Waals surface area contributed by atoms with Crippen LogP contribution in [0.1, 0.15) is 6.42 Å². The Kier molecular flexibility index (Phi) is 4.49. The van der Waals surface area contributed by atoms with Crippen molar-refractivity contribution in [2.75, 3.05) is 12.4 Å². The SMILES string of the molecule is C#CCC(N)C(=O)Nc1cc(OC)ccc1F. The highest BCUT2D eigenvalue weighted by molar-refractivity contribution is 5.95. The molecule has 0 aliphatic carbocycles. The van der Waals surface area contributed by atoms with Crippen LogP contribution in [0.15, 0.2) is 18.2 Å². The monoisotopic (exact) mass is 236 g/mol. The molecule has 0 saturated heterocycles. The molecule has 1 amide bonds. The number of anilines is 1. The van der Waals surface area contributed by atoms with E-state index in [1.165, 1.54) is 25.3 Å². The van der Waals surface area contributed by atoms with Crippen LogP contribution >= 0.6 is 0 Å². The lowest BCUT2D eigenvalue weighted by molar-refractivity contribution is -0.117. The first kappa shape index (κ1) is 13.0. The van der Waals surface area contributed by atoms with Crippen molar-refractivity contribution >= 4 is 11.6 Å². The van der Waals surface area contributed by atoms with Crippen LogP contribution in [0.3, 0.4) is 0 Å². The largest absolute Gasteiger partial charge is 0.497 e. The second kappa shape index (κ2) is 5.87. The van der Waals surface area contributed by atoms with Crippen molar-refractivity contribution in [3.8, 4) is 18.1 Å². The summed E-state index contributed by atoms with van der Waals surface area (Å²) in [4.78, 5) is 11.5. The molecule has 1 unspecified atom stereocenters. The number of carbonyl (C=O) groups excluding carboxylic acids is 1. The Hall–Kier alpha value is -2.06. The summed E-state index contributed by atoms with van der Waals surface area (Å²) in [5.41, 5.74) is 5.50. The van der Waals surface area contributed by atoms with Crippen molar-refractivity contribution in [1.82, 2.24) is 0 Å². The number of carbonyl (C=O) groups is 1. The summed E-state index contributed by atoms with van der Waals surface area (Å²) in [5, 5.41) is 2.36. The number of halogens is 1. The molecule has 0 saturated carbocycles. The number of hydrogen-bond donors (Lipinski definition) is 2. The summed E-state index contributed by atoms with van der Waals surface area (Å²) in [6, 6.07) is 3.16. The van der Waals surface area contributed by atoms with Crippen LogP contribution in [0.4, 0.5) is 10.1 Å². The first-order valence-electron chi connectivity index (χ1n) is 4.92. The molecule has 0 aliphatic rings. The van der Waals surface area contributed by atoms with Crippen molar-refractivity contribution in [3.63, 3.8) is 0 Å². The zero-order valence-electron chi connectivity index (χ0n) is 9.37. The summed E-state index contributed by atoms with van der Waals surface area (Å²) in [6.45, 7) is 0. The fourth-order valence-corrected chi connectivity index (χ4v) is 1.17. The van der Waals surface area contributed by atoms with Gasteiger partial charge in [0.2, 0.25) is 5.91 Å². The van der Waals surface area contributed by atoms with Crippen LogP contribution in [-0.2, 0) is 4.79 Å². The van der Waals surface area contributed by atoms with Gasteiger partial charge in [0.15, 0.2) is 0 Å². The van der Waals surface area contributed by atoms with E-state index >= 15 is 0 Å². The van der Waals surface area contributed by atoms with E-state index in [-0.39, 0.29) is 12.1 Å². The molecule has 17 heavy (non-hydrogen) atoms. The Labute approximate surface area is 99.0 Å². The minimum absolute atomic E-state index is 0.0156. The molecule has 0 fully saturated rings. The second-order valence-electron chi connectivity index (χ2n) is 3.35. The van der Waals surface area contributed by atoms with Gasteiger partial charge in [-0.15, -0.1) is 12.3 Å². The van der Waals surface area contributed by atoms with Crippen molar-refractivity contribution in [2.24, 2.45) is 5.73 Å². The molecule has 1 rings (SSSR count). The number of terminal acetylenes is 1. The Bertz CT molecular complexity index is 454. The van der Waals surface area contributed by atoms with E-state index in [0.717, 1.165) is 0 Å². The first-order valence-corrected chi connectivity index (χ1v) is 4.92. The smallest absolute Gasteiger partial charge is 0.242 e. The van der Waals surface area contributed by atoms with Gasteiger partial charge >= 0.3 is 0 Å². The molecular formula is C12H13FN2O2. The van der Waals surface area contributed by atoms with E-state index in [9.17, 15) is 9.18 Å². The van der Waals surface area contributed by atoms with Gasteiger partial charge < -0.3 is 15.8 Å². The molecule has 0 aliphatic heterocycles. The maximum atomic E-state index is 13.4. The predicted octanol–water partition coefficient (Wildman–Crippen LogP) is 1.12. The number of nitrogens with one attached hydrogen (secondary N) is 1. The Morgan fingerprint density at radius 3 is 3.00 bits per heavy atom. The van der Waals surface area contributed by atoms with Gasteiger partial charge in [-0.05, 0) is 12.1 Å².